The third-order valence-electron chi connectivity index (χ3n) is 3.44. The normalized spacial score (nSPS) is 11.2. The van der Waals surface area contributed by atoms with Crippen LogP contribution in [0.15, 0.2) is 54.6 Å². The maximum Gasteiger partial charge on any atom is 0.0556 e. The van der Waals surface area contributed by atoms with Gasteiger partial charge in [0.2, 0.25) is 0 Å². The topological polar surface area (TPSA) is 32.3 Å². The minimum atomic E-state index is 0.174. The fraction of sp³-hybridized carbons (Fsp3) is 0.176. The summed E-state index contributed by atoms with van der Waals surface area (Å²) in [7, 11) is 0. The Morgan fingerprint density at radius 1 is 0.842 bits per heavy atom. The molecule has 0 atom stereocenters. The summed E-state index contributed by atoms with van der Waals surface area (Å²) >= 11 is 0. The van der Waals surface area contributed by atoms with Gasteiger partial charge in [0.05, 0.1) is 6.61 Å². The van der Waals surface area contributed by atoms with E-state index in [1.165, 1.54) is 27.1 Å². The second-order valence-corrected chi connectivity index (χ2v) is 4.74. The van der Waals surface area contributed by atoms with E-state index in [1.807, 2.05) is 0 Å². The van der Waals surface area contributed by atoms with Crippen LogP contribution in [0, 0.1) is 0 Å². The average Bonchev–Trinajstić information content (AvgIpc) is 2.46. The molecule has 2 nitrogen and oxygen atoms in total. The number of rotatable bonds is 4. The van der Waals surface area contributed by atoms with E-state index in [0.717, 1.165) is 6.54 Å². The molecule has 3 aromatic rings. The monoisotopic (exact) mass is 251 g/mol. The van der Waals surface area contributed by atoms with Crippen LogP contribution in [-0.4, -0.2) is 18.3 Å². The van der Waals surface area contributed by atoms with Crippen LogP contribution < -0.4 is 5.32 Å². The SMILES string of the molecule is OCCNCc1cccc2cc3ccccc3cc12. The zero-order chi connectivity index (χ0) is 13.1. The van der Waals surface area contributed by atoms with Crippen molar-refractivity contribution in [3.8, 4) is 0 Å². The van der Waals surface area contributed by atoms with Gasteiger partial charge in [-0.3, -0.25) is 0 Å². The second-order valence-electron chi connectivity index (χ2n) is 4.74. The lowest BCUT2D eigenvalue weighted by molar-refractivity contribution is 0.292. The van der Waals surface area contributed by atoms with Crippen LogP contribution >= 0.6 is 0 Å². The molecule has 0 radical (unpaired) electrons. The minimum Gasteiger partial charge on any atom is -0.395 e. The summed E-state index contributed by atoms with van der Waals surface area (Å²) in [5.41, 5.74) is 1.27. The van der Waals surface area contributed by atoms with Gasteiger partial charge in [0, 0.05) is 13.1 Å². The van der Waals surface area contributed by atoms with Gasteiger partial charge in [-0.1, -0.05) is 42.5 Å². The number of hydrogen-bond donors (Lipinski definition) is 2. The Bertz CT molecular complexity index is 706. The van der Waals surface area contributed by atoms with E-state index in [9.17, 15) is 0 Å². The Kier molecular flexibility index (Phi) is 3.45. The van der Waals surface area contributed by atoms with Crippen LogP contribution in [-0.2, 0) is 6.54 Å². The van der Waals surface area contributed by atoms with Crippen molar-refractivity contribution < 1.29 is 5.11 Å². The highest BCUT2D eigenvalue weighted by atomic mass is 16.3. The Morgan fingerprint density at radius 2 is 1.58 bits per heavy atom. The Balaban J connectivity index is 2.09. The molecular weight excluding hydrogens is 234 g/mol. The quantitative estimate of drug-likeness (QED) is 0.551. The molecule has 19 heavy (non-hydrogen) atoms. The van der Waals surface area contributed by atoms with Crippen LogP contribution in [0.1, 0.15) is 5.56 Å². The van der Waals surface area contributed by atoms with Crippen molar-refractivity contribution in [2.24, 2.45) is 0 Å². The third kappa shape index (κ3) is 2.46. The summed E-state index contributed by atoms with van der Waals surface area (Å²) in [4.78, 5) is 0. The number of hydrogen-bond acceptors (Lipinski definition) is 2. The smallest absolute Gasteiger partial charge is 0.0556 e. The van der Waals surface area contributed by atoms with E-state index in [4.69, 9.17) is 5.11 Å². The first-order valence-electron chi connectivity index (χ1n) is 6.60. The molecule has 0 heterocycles. The maximum atomic E-state index is 8.84. The van der Waals surface area contributed by atoms with E-state index < -0.39 is 0 Å². The van der Waals surface area contributed by atoms with Crippen molar-refractivity contribution in [1.82, 2.24) is 5.32 Å². The largest absolute Gasteiger partial charge is 0.395 e. The minimum absolute atomic E-state index is 0.174. The number of aliphatic hydroxyl groups excluding tert-OH is 1. The van der Waals surface area contributed by atoms with Crippen molar-refractivity contribution in [2.45, 2.75) is 6.54 Å². The van der Waals surface area contributed by atoms with Crippen molar-refractivity contribution in [3.63, 3.8) is 0 Å². The lowest BCUT2D eigenvalue weighted by atomic mass is 10.00. The first-order valence-corrected chi connectivity index (χ1v) is 6.60. The molecule has 0 fully saturated rings. The Labute approximate surface area is 112 Å². The van der Waals surface area contributed by atoms with Gasteiger partial charge in [-0.2, -0.15) is 0 Å². The molecule has 0 aliphatic heterocycles. The molecule has 2 N–H and O–H groups in total. The van der Waals surface area contributed by atoms with E-state index in [-0.39, 0.29) is 6.61 Å². The van der Waals surface area contributed by atoms with Crippen molar-refractivity contribution in [1.29, 1.82) is 0 Å². The molecule has 3 rings (SSSR count). The predicted molar refractivity (Wildman–Crippen MR) is 80.2 cm³/mol. The van der Waals surface area contributed by atoms with Crippen molar-refractivity contribution in [3.05, 3.63) is 60.2 Å². The number of nitrogens with one attached hydrogen (secondary N) is 1. The first-order chi connectivity index (χ1) is 9.38. The first kappa shape index (κ1) is 12.2. The highest BCUT2D eigenvalue weighted by Gasteiger charge is 2.02. The standard InChI is InChI=1S/C17H17NO/c19-9-8-18-12-16-7-3-6-15-10-13-4-1-2-5-14(13)11-17(15)16/h1-7,10-11,18-19H,8-9,12H2. The molecule has 0 spiro atoms. The Morgan fingerprint density at radius 3 is 2.37 bits per heavy atom. The second kappa shape index (κ2) is 5.39. The van der Waals surface area contributed by atoms with E-state index in [2.05, 4.69) is 59.9 Å². The van der Waals surface area contributed by atoms with E-state index >= 15 is 0 Å². The molecule has 2 heteroatoms. The lowest BCUT2D eigenvalue weighted by Gasteiger charge is -2.09. The molecule has 0 aliphatic carbocycles. The lowest BCUT2D eigenvalue weighted by Crippen LogP contribution is -2.17. The average molecular weight is 251 g/mol. The molecule has 0 aromatic heterocycles. The zero-order valence-corrected chi connectivity index (χ0v) is 10.8. The van der Waals surface area contributed by atoms with Crippen LogP contribution in [0.5, 0.6) is 0 Å². The van der Waals surface area contributed by atoms with Gasteiger partial charge in [-0.05, 0) is 39.2 Å². The number of benzene rings is 3. The number of aliphatic hydroxyl groups is 1. The molecule has 0 aliphatic rings. The van der Waals surface area contributed by atoms with Crippen molar-refractivity contribution in [2.75, 3.05) is 13.2 Å². The van der Waals surface area contributed by atoms with Gasteiger partial charge < -0.3 is 10.4 Å². The zero-order valence-electron chi connectivity index (χ0n) is 10.8. The molecule has 0 bridgehead atoms. The summed E-state index contributed by atoms with van der Waals surface area (Å²) in [6.07, 6.45) is 0. The molecule has 0 saturated heterocycles. The summed E-state index contributed by atoms with van der Waals surface area (Å²) in [6.45, 7) is 1.59. The number of fused-ring (bicyclic) bond motifs is 2. The third-order valence-corrected chi connectivity index (χ3v) is 3.44. The van der Waals surface area contributed by atoms with Gasteiger partial charge in [0.15, 0.2) is 0 Å². The van der Waals surface area contributed by atoms with Gasteiger partial charge in [0.1, 0.15) is 0 Å². The summed E-state index contributed by atoms with van der Waals surface area (Å²) < 4.78 is 0. The summed E-state index contributed by atoms with van der Waals surface area (Å²) in [5, 5.41) is 17.2. The van der Waals surface area contributed by atoms with Crippen LogP contribution in [0.2, 0.25) is 0 Å². The maximum absolute atomic E-state index is 8.84. The highest BCUT2D eigenvalue weighted by molar-refractivity contribution is 5.99. The molecule has 96 valence electrons. The van der Waals surface area contributed by atoms with Crippen LogP contribution in [0.25, 0.3) is 21.5 Å². The van der Waals surface area contributed by atoms with Gasteiger partial charge in [0.25, 0.3) is 0 Å². The van der Waals surface area contributed by atoms with Gasteiger partial charge in [-0.25, -0.2) is 0 Å². The van der Waals surface area contributed by atoms with Gasteiger partial charge in [-0.15, -0.1) is 0 Å². The van der Waals surface area contributed by atoms with Crippen LogP contribution in [0.3, 0.4) is 0 Å². The Hall–Kier alpha value is -1.90. The summed E-state index contributed by atoms with van der Waals surface area (Å²) in [6, 6.07) is 19.3. The van der Waals surface area contributed by atoms with E-state index in [1.54, 1.807) is 0 Å². The van der Waals surface area contributed by atoms with Crippen molar-refractivity contribution >= 4 is 21.5 Å². The van der Waals surface area contributed by atoms with E-state index in [0.29, 0.717) is 6.54 Å². The molecule has 0 unspecified atom stereocenters. The fourth-order valence-electron chi connectivity index (χ4n) is 2.49. The molecular formula is C17H17NO. The van der Waals surface area contributed by atoms with Crippen LogP contribution in [0.4, 0.5) is 0 Å². The fourth-order valence-corrected chi connectivity index (χ4v) is 2.49. The molecule has 3 aromatic carbocycles. The highest BCUT2D eigenvalue weighted by Crippen LogP contribution is 2.25. The van der Waals surface area contributed by atoms with Gasteiger partial charge >= 0.3 is 0 Å². The molecule has 0 saturated carbocycles. The molecule has 0 amide bonds. The predicted octanol–water partition coefficient (Wildman–Crippen LogP) is 3.07. The summed E-state index contributed by atoms with van der Waals surface area (Å²) in [5.74, 6) is 0.